The summed E-state index contributed by atoms with van der Waals surface area (Å²) in [5.41, 5.74) is 1.38. The van der Waals surface area contributed by atoms with Gasteiger partial charge in [-0.15, -0.1) is 0 Å². The monoisotopic (exact) mass is 454 g/mol. The van der Waals surface area contributed by atoms with E-state index in [0.29, 0.717) is 30.3 Å². The van der Waals surface area contributed by atoms with E-state index in [9.17, 15) is 5.11 Å². The Kier molecular flexibility index (Phi) is 5.40. The average Bonchev–Trinajstić information content (AvgIpc) is 3.37. The smallest absolute Gasteiger partial charge is 0.158 e. The summed E-state index contributed by atoms with van der Waals surface area (Å²) < 4.78 is 16.5. The highest BCUT2D eigenvalue weighted by atomic mass is 16.7. The molecule has 7 unspecified atom stereocenters. The van der Waals surface area contributed by atoms with Crippen LogP contribution in [0.3, 0.4) is 0 Å². The van der Waals surface area contributed by atoms with Crippen molar-refractivity contribution in [2.24, 2.45) is 34.5 Å². The van der Waals surface area contributed by atoms with Crippen LogP contribution in [0.4, 0.5) is 0 Å². The van der Waals surface area contributed by atoms with Crippen molar-refractivity contribution in [3.8, 4) is 11.8 Å². The molecule has 1 N–H and O–H groups in total. The Labute approximate surface area is 197 Å². The van der Waals surface area contributed by atoms with Gasteiger partial charge >= 0.3 is 0 Å². The summed E-state index contributed by atoms with van der Waals surface area (Å²) in [7, 11) is 0. The molecule has 1 aromatic heterocycles. The van der Waals surface area contributed by atoms with Gasteiger partial charge in [-0.25, -0.2) is 4.63 Å². The van der Waals surface area contributed by atoms with E-state index in [1.54, 1.807) is 0 Å². The molecule has 0 amide bonds. The van der Waals surface area contributed by atoms with E-state index in [2.05, 4.69) is 36.0 Å². The van der Waals surface area contributed by atoms with Crippen LogP contribution in [0.15, 0.2) is 4.63 Å². The maximum Gasteiger partial charge on any atom is 0.158 e. The fourth-order valence-electron chi connectivity index (χ4n) is 8.63. The first-order chi connectivity index (χ1) is 15.9. The van der Waals surface area contributed by atoms with E-state index < -0.39 is 5.60 Å². The molecule has 8 atom stereocenters. The Hall–Kier alpha value is -1.42. The third kappa shape index (κ3) is 3.41. The minimum Gasteiger partial charge on any atom is -0.377 e. The first-order valence-corrected chi connectivity index (χ1v) is 13.2. The predicted octanol–water partition coefficient (Wildman–Crippen LogP) is 4.30. The molecular formula is C27H38N2O4. The zero-order chi connectivity index (χ0) is 22.7. The molecule has 3 saturated carbocycles. The normalized spacial score (nSPS) is 46.3. The number of fused-ring (bicyclic) bond motifs is 6. The minimum absolute atomic E-state index is 0.128. The molecule has 6 nitrogen and oxygen atoms in total. The highest BCUT2D eigenvalue weighted by Gasteiger charge is 2.64. The quantitative estimate of drug-likeness (QED) is 0.671. The Balaban J connectivity index is 1.18. The summed E-state index contributed by atoms with van der Waals surface area (Å²) >= 11 is 0. The summed E-state index contributed by atoms with van der Waals surface area (Å²) in [4.78, 5) is 0. The average molecular weight is 455 g/mol. The summed E-state index contributed by atoms with van der Waals surface area (Å²) in [6.45, 7) is 5.93. The number of aliphatic hydroxyl groups is 1. The van der Waals surface area contributed by atoms with E-state index in [4.69, 9.17) is 14.1 Å². The van der Waals surface area contributed by atoms with Crippen LogP contribution in [0.2, 0.25) is 0 Å². The molecule has 6 rings (SSSR count). The van der Waals surface area contributed by atoms with E-state index >= 15 is 0 Å². The molecule has 1 aromatic rings. The first kappa shape index (κ1) is 22.1. The van der Waals surface area contributed by atoms with Crippen molar-refractivity contribution in [1.29, 1.82) is 0 Å². The van der Waals surface area contributed by atoms with Crippen LogP contribution in [0.1, 0.15) is 83.0 Å². The van der Waals surface area contributed by atoms with Gasteiger partial charge in [0.15, 0.2) is 6.29 Å². The number of ether oxygens (including phenoxy) is 2. The fraction of sp³-hybridized carbons (Fsp3) is 0.852. The molecule has 0 spiro atoms. The third-order valence-electron chi connectivity index (χ3n) is 10.6. The Morgan fingerprint density at radius 2 is 1.88 bits per heavy atom. The van der Waals surface area contributed by atoms with Crippen molar-refractivity contribution in [1.82, 2.24) is 10.3 Å². The molecule has 4 fully saturated rings. The summed E-state index contributed by atoms with van der Waals surface area (Å²) in [6.07, 6.45) is 11.7. The molecule has 6 heteroatoms. The molecule has 180 valence electrons. The van der Waals surface area contributed by atoms with Gasteiger partial charge in [-0.3, -0.25) is 0 Å². The molecule has 0 bridgehead atoms. The minimum atomic E-state index is -0.910. The van der Waals surface area contributed by atoms with Crippen LogP contribution in [0, 0.1) is 46.3 Å². The van der Waals surface area contributed by atoms with Gasteiger partial charge in [0, 0.05) is 18.4 Å². The lowest BCUT2D eigenvalue weighted by atomic mass is 9.44. The van der Waals surface area contributed by atoms with Crippen molar-refractivity contribution < 1.29 is 19.2 Å². The van der Waals surface area contributed by atoms with Gasteiger partial charge in [-0.1, -0.05) is 36.0 Å². The second-order valence-corrected chi connectivity index (χ2v) is 12.0. The lowest BCUT2D eigenvalue weighted by molar-refractivity contribution is -0.154. The van der Waals surface area contributed by atoms with Gasteiger partial charge in [0.1, 0.15) is 23.6 Å². The van der Waals surface area contributed by atoms with Gasteiger partial charge in [0.25, 0.3) is 0 Å². The van der Waals surface area contributed by atoms with Gasteiger partial charge in [-0.05, 0) is 93.3 Å². The lowest BCUT2D eigenvalue weighted by Crippen LogP contribution is -2.56. The van der Waals surface area contributed by atoms with Gasteiger partial charge in [0.2, 0.25) is 0 Å². The number of hydrogen-bond donors (Lipinski definition) is 1. The second-order valence-electron chi connectivity index (χ2n) is 12.0. The number of rotatable bonds is 2. The maximum absolute atomic E-state index is 11.8. The van der Waals surface area contributed by atoms with Gasteiger partial charge < -0.3 is 14.6 Å². The van der Waals surface area contributed by atoms with Crippen molar-refractivity contribution in [3.05, 3.63) is 11.4 Å². The van der Waals surface area contributed by atoms with Gasteiger partial charge in [-0.2, -0.15) is 0 Å². The van der Waals surface area contributed by atoms with Crippen LogP contribution >= 0.6 is 0 Å². The topological polar surface area (TPSA) is 77.6 Å². The van der Waals surface area contributed by atoms with E-state index in [1.807, 2.05) is 0 Å². The summed E-state index contributed by atoms with van der Waals surface area (Å²) in [5, 5.41) is 20.2. The Morgan fingerprint density at radius 3 is 2.73 bits per heavy atom. The largest absolute Gasteiger partial charge is 0.377 e. The van der Waals surface area contributed by atoms with E-state index in [-0.39, 0.29) is 17.1 Å². The molecule has 4 aliphatic carbocycles. The maximum atomic E-state index is 11.8. The van der Waals surface area contributed by atoms with Crippen LogP contribution in [0.5, 0.6) is 0 Å². The molecule has 33 heavy (non-hydrogen) atoms. The standard InChI is InChI=1S/C27H38N2O4/c1-25-17-23-22(28-33-29-23)16-18(25)7-8-19-20(25)9-12-26(2)21(19)10-13-27(26,30)11-5-15-32-24-6-3-4-14-31-24/h18-21,24,30H,3-4,6-10,12-17H2,1-2H3/t18?,19?,20?,21?,24?,25?,26?,27-/m0/s1. The molecular weight excluding hydrogens is 416 g/mol. The molecule has 5 aliphatic rings. The number of nitrogens with zero attached hydrogens (tertiary/aromatic N) is 2. The zero-order valence-electron chi connectivity index (χ0n) is 20.1. The summed E-state index contributed by atoms with van der Waals surface area (Å²) in [6, 6.07) is 0. The highest BCUT2D eigenvalue weighted by molar-refractivity contribution is 5.27. The van der Waals surface area contributed by atoms with E-state index in [0.717, 1.165) is 69.4 Å². The highest BCUT2D eigenvalue weighted by Crippen LogP contribution is 2.67. The SMILES string of the molecule is CC12Cc3nonc3CC1CCC1C2CCC2(C)C1CC[C@@]2(O)C#CCOC1CCCCO1. The molecule has 0 aromatic carbocycles. The Morgan fingerprint density at radius 1 is 1.03 bits per heavy atom. The number of aromatic nitrogens is 2. The fourth-order valence-corrected chi connectivity index (χ4v) is 8.63. The molecule has 0 radical (unpaired) electrons. The lowest BCUT2D eigenvalue weighted by Gasteiger charge is -2.60. The van der Waals surface area contributed by atoms with Crippen LogP contribution in [0.25, 0.3) is 0 Å². The Bertz CT molecular complexity index is 945. The van der Waals surface area contributed by atoms with Crippen molar-refractivity contribution >= 4 is 0 Å². The van der Waals surface area contributed by atoms with Crippen LogP contribution in [-0.4, -0.2) is 40.5 Å². The predicted molar refractivity (Wildman–Crippen MR) is 122 cm³/mol. The summed E-state index contributed by atoms with van der Waals surface area (Å²) in [5.74, 6) is 9.03. The molecule has 1 saturated heterocycles. The van der Waals surface area contributed by atoms with E-state index in [1.165, 1.54) is 19.3 Å². The van der Waals surface area contributed by atoms with Crippen molar-refractivity contribution in [2.45, 2.75) is 96.4 Å². The second kappa shape index (κ2) is 8.07. The zero-order valence-corrected chi connectivity index (χ0v) is 20.1. The van der Waals surface area contributed by atoms with Crippen molar-refractivity contribution in [2.75, 3.05) is 13.2 Å². The third-order valence-corrected chi connectivity index (χ3v) is 10.6. The van der Waals surface area contributed by atoms with Gasteiger partial charge in [0.05, 0.1) is 0 Å². The number of hydrogen-bond acceptors (Lipinski definition) is 6. The molecule has 1 aliphatic heterocycles. The first-order valence-electron chi connectivity index (χ1n) is 13.2. The molecule has 2 heterocycles. The van der Waals surface area contributed by atoms with Crippen LogP contribution < -0.4 is 0 Å². The van der Waals surface area contributed by atoms with Crippen LogP contribution in [-0.2, 0) is 22.3 Å². The van der Waals surface area contributed by atoms with Crippen molar-refractivity contribution in [3.63, 3.8) is 0 Å².